The highest BCUT2D eigenvalue weighted by molar-refractivity contribution is 9.10. The van der Waals surface area contributed by atoms with E-state index in [0.29, 0.717) is 36.0 Å². The van der Waals surface area contributed by atoms with Crippen molar-refractivity contribution in [2.75, 3.05) is 20.3 Å². The van der Waals surface area contributed by atoms with E-state index in [1.165, 1.54) is 12.1 Å². The molecule has 0 unspecified atom stereocenters. The van der Waals surface area contributed by atoms with Crippen molar-refractivity contribution in [1.29, 1.82) is 0 Å². The fourth-order valence-electron chi connectivity index (χ4n) is 4.94. The zero-order valence-corrected chi connectivity index (χ0v) is 25.7. The Balaban J connectivity index is 1.52. The lowest BCUT2D eigenvalue weighted by molar-refractivity contribution is -0.130. The first-order valence-electron chi connectivity index (χ1n) is 14.2. The molecular weight excluding hydrogens is 629 g/mol. The van der Waals surface area contributed by atoms with Gasteiger partial charge in [-0.05, 0) is 77.4 Å². The summed E-state index contributed by atoms with van der Waals surface area (Å²) in [5.74, 6) is 0.854. The monoisotopic (exact) mass is 661 g/mol. The van der Waals surface area contributed by atoms with Gasteiger partial charge in [0.15, 0.2) is 11.6 Å². The quantitative estimate of drug-likeness (QED) is 0.126. The zero-order chi connectivity index (χ0) is 30.9. The minimum absolute atomic E-state index is 0.0512. The Labute approximate surface area is 264 Å². The third-order valence-electron chi connectivity index (χ3n) is 7.22. The number of carbonyl (C=O) groups is 1. The van der Waals surface area contributed by atoms with E-state index in [-0.39, 0.29) is 25.4 Å². The van der Waals surface area contributed by atoms with Crippen LogP contribution in [0.5, 0.6) is 11.5 Å². The van der Waals surface area contributed by atoms with Gasteiger partial charge in [-0.15, -0.1) is 0 Å². The van der Waals surface area contributed by atoms with E-state index >= 15 is 0 Å². The molecule has 5 rings (SSSR count). The molecule has 0 saturated carbocycles. The van der Waals surface area contributed by atoms with Crippen molar-refractivity contribution in [3.05, 3.63) is 130 Å². The predicted octanol–water partition coefficient (Wildman–Crippen LogP) is 5.68. The van der Waals surface area contributed by atoms with E-state index < -0.39 is 17.6 Å². The number of nitrogens with one attached hydrogen (secondary N) is 2. The van der Waals surface area contributed by atoms with Crippen LogP contribution in [0.25, 0.3) is 0 Å². The van der Waals surface area contributed by atoms with Crippen molar-refractivity contribution in [3.63, 3.8) is 0 Å². The molecule has 228 valence electrons. The Bertz CT molecular complexity index is 1580. The highest BCUT2D eigenvalue weighted by Gasteiger charge is 2.53. The van der Waals surface area contributed by atoms with Gasteiger partial charge in [0, 0.05) is 36.0 Å². The van der Waals surface area contributed by atoms with E-state index in [1.54, 1.807) is 31.4 Å². The van der Waals surface area contributed by atoms with Gasteiger partial charge in [0.1, 0.15) is 17.3 Å². The maximum Gasteiger partial charge on any atom is 0.266 e. The molecule has 1 heterocycles. The number of aliphatic hydroxyl groups excluding tert-OH is 1. The fraction of sp³-hybridized carbons (Fsp3) is 0.235. The summed E-state index contributed by atoms with van der Waals surface area (Å²) < 4.78 is 32.1. The van der Waals surface area contributed by atoms with Gasteiger partial charge in [-0.3, -0.25) is 10.2 Å². The number of carbonyl (C=O) groups excluding carboxylic acids is 1. The Morgan fingerprint density at radius 3 is 2.43 bits per heavy atom. The third-order valence-corrected chi connectivity index (χ3v) is 7.75. The van der Waals surface area contributed by atoms with Crippen molar-refractivity contribution in [2.45, 2.75) is 31.0 Å². The van der Waals surface area contributed by atoms with E-state index in [4.69, 9.17) is 24.3 Å². The number of rotatable bonds is 13. The second-order valence-corrected chi connectivity index (χ2v) is 11.2. The van der Waals surface area contributed by atoms with Crippen molar-refractivity contribution in [1.82, 2.24) is 10.9 Å². The normalized spacial score (nSPS) is 17.5. The molecule has 1 aliphatic rings. The molecule has 0 fully saturated rings. The number of halogens is 2. The summed E-state index contributed by atoms with van der Waals surface area (Å²) >= 11 is 3.49. The van der Waals surface area contributed by atoms with Crippen LogP contribution in [-0.4, -0.2) is 42.8 Å². The largest absolute Gasteiger partial charge is 0.497 e. The van der Waals surface area contributed by atoms with Crippen LogP contribution in [0.1, 0.15) is 34.8 Å². The van der Waals surface area contributed by atoms with E-state index in [1.807, 2.05) is 60.7 Å². The predicted molar refractivity (Wildman–Crippen MR) is 169 cm³/mol. The van der Waals surface area contributed by atoms with Gasteiger partial charge in [-0.1, -0.05) is 52.3 Å². The highest BCUT2D eigenvalue weighted by Crippen LogP contribution is 2.43. The number of hydrogen-bond acceptors (Lipinski definition) is 7. The molecule has 44 heavy (non-hydrogen) atoms. The molecular formula is C34H33BrFN3O5. The van der Waals surface area contributed by atoms with Crippen molar-refractivity contribution in [2.24, 2.45) is 4.99 Å². The molecule has 0 aromatic heterocycles. The average Bonchev–Trinajstić information content (AvgIpc) is 3.44. The maximum atomic E-state index is 14.3. The maximum absolute atomic E-state index is 14.3. The first kappa shape index (κ1) is 31.2. The zero-order valence-electron chi connectivity index (χ0n) is 24.1. The SMILES string of the molecule is COc1cccc([C@@H]2OC(c3ccc(OCCCO)cc3)=N[C@]2(Cc2ccc(Br)cc2)C(=O)NNCc2ccc(F)cc2)c1. The second-order valence-electron chi connectivity index (χ2n) is 10.3. The van der Waals surface area contributed by atoms with E-state index in [0.717, 1.165) is 21.2 Å². The molecule has 0 spiro atoms. The summed E-state index contributed by atoms with van der Waals surface area (Å²) in [6, 6.07) is 28.5. The summed E-state index contributed by atoms with van der Waals surface area (Å²) in [6.45, 7) is 0.724. The second kappa shape index (κ2) is 14.5. The molecule has 8 nitrogen and oxygen atoms in total. The summed E-state index contributed by atoms with van der Waals surface area (Å²) in [5, 5.41) is 9.05. The minimum Gasteiger partial charge on any atom is -0.497 e. The van der Waals surface area contributed by atoms with Gasteiger partial charge >= 0.3 is 0 Å². The molecule has 10 heteroatoms. The summed E-state index contributed by atoms with van der Waals surface area (Å²) in [7, 11) is 1.59. The van der Waals surface area contributed by atoms with Gasteiger partial charge in [-0.2, -0.15) is 0 Å². The number of nitrogens with zero attached hydrogens (tertiary/aromatic N) is 1. The first-order valence-corrected chi connectivity index (χ1v) is 15.0. The number of ether oxygens (including phenoxy) is 3. The lowest BCUT2D eigenvalue weighted by Gasteiger charge is -2.31. The molecule has 3 N–H and O–H groups in total. The molecule has 4 aromatic rings. The lowest BCUT2D eigenvalue weighted by Crippen LogP contribution is -2.53. The number of hydrogen-bond donors (Lipinski definition) is 3. The summed E-state index contributed by atoms with van der Waals surface area (Å²) in [6.07, 6.45) is -0.0369. The van der Waals surface area contributed by atoms with Crippen LogP contribution in [-0.2, 0) is 22.5 Å². The van der Waals surface area contributed by atoms with Crippen molar-refractivity contribution in [3.8, 4) is 11.5 Å². The number of methoxy groups -OCH3 is 1. The van der Waals surface area contributed by atoms with Gasteiger partial charge < -0.3 is 19.3 Å². The van der Waals surface area contributed by atoms with Crippen LogP contribution in [0.15, 0.2) is 107 Å². The van der Waals surface area contributed by atoms with Crippen LogP contribution >= 0.6 is 15.9 Å². The van der Waals surface area contributed by atoms with Crippen molar-refractivity contribution >= 4 is 27.7 Å². The number of aliphatic hydroxyl groups is 1. The fourth-order valence-corrected chi connectivity index (χ4v) is 5.20. The van der Waals surface area contributed by atoms with Gasteiger partial charge in [-0.25, -0.2) is 14.8 Å². The molecule has 0 radical (unpaired) electrons. The Kier molecular flexibility index (Phi) is 10.3. The van der Waals surface area contributed by atoms with Gasteiger partial charge in [0.2, 0.25) is 5.90 Å². The highest BCUT2D eigenvalue weighted by atomic mass is 79.9. The van der Waals surface area contributed by atoms with Crippen LogP contribution in [0.4, 0.5) is 4.39 Å². The van der Waals surface area contributed by atoms with Crippen LogP contribution in [0.3, 0.4) is 0 Å². The standard InChI is InChI=1S/C34H33BrFN3O5/c1-42-30-5-2-4-26(20-30)31-34(21-23-6-12-27(35)13-7-23,33(41)39-37-22-24-8-14-28(36)15-9-24)38-32(44-31)25-10-16-29(17-11-25)43-19-3-18-40/h2,4-17,20,31,37,40H,3,18-19,21-22H2,1H3,(H,39,41)/t31-,34-/m0/s1. The third kappa shape index (κ3) is 7.45. The first-order chi connectivity index (χ1) is 21.4. The summed E-state index contributed by atoms with van der Waals surface area (Å²) in [5.41, 5.74) is 7.50. The Morgan fingerprint density at radius 2 is 1.73 bits per heavy atom. The molecule has 0 bridgehead atoms. The molecule has 2 atom stereocenters. The molecule has 0 aliphatic carbocycles. The van der Waals surface area contributed by atoms with Crippen molar-refractivity contribution < 1.29 is 28.5 Å². The Hall–Kier alpha value is -4.25. The lowest BCUT2D eigenvalue weighted by atomic mass is 9.82. The number of hydrazine groups is 1. The topological polar surface area (TPSA) is 101 Å². The van der Waals surface area contributed by atoms with Crippen LogP contribution < -0.4 is 20.3 Å². The smallest absolute Gasteiger partial charge is 0.266 e. The van der Waals surface area contributed by atoms with E-state index in [9.17, 15) is 9.18 Å². The average molecular weight is 663 g/mol. The van der Waals surface area contributed by atoms with Crippen LogP contribution in [0, 0.1) is 5.82 Å². The molecule has 4 aromatic carbocycles. The summed E-state index contributed by atoms with van der Waals surface area (Å²) in [4.78, 5) is 19.3. The van der Waals surface area contributed by atoms with E-state index in [2.05, 4.69) is 26.8 Å². The minimum atomic E-state index is -1.42. The van der Waals surface area contributed by atoms with Crippen LogP contribution in [0.2, 0.25) is 0 Å². The molecule has 0 saturated heterocycles. The van der Waals surface area contributed by atoms with Gasteiger partial charge in [0.25, 0.3) is 5.91 Å². The van der Waals surface area contributed by atoms with Gasteiger partial charge in [0.05, 0.1) is 13.7 Å². The molecule has 1 amide bonds. The Morgan fingerprint density at radius 1 is 1.00 bits per heavy atom. The number of aliphatic imine (C=N–C) groups is 1. The number of benzene rings is 4. The number of amides is 1. The molecule has 1 aliphatic heterocycles.